The predicted octanol–water partition coefficient (Wildman–Crippen LogP) is 6.22. The molecule has 5 rings (SSSR count). The number of non-ortho nitro benzene ring substituents is 1. The molecule has 1 fully saturated rings. The minimum atomic E-state index is -0.826. The third-order valence-electron chi connectivity index (χ3n) is 6.64. The summed E-state index contributed by atoms with van der Waals surface area (Å²) in [4.78, 5) is 52.1. The average molecular weight is 583 g/mol. The summed E-state index contributed by atoms with van der Waals surface area (Å²) in [7, 11) is 0. The molecular weight excluding hydrogens is 556 g/mol. The Morgan fingerprint density at radius 3 is 2.24 bits per heavy atom. The number of hydrogen-bond donors (Lipinski definition) is 1. The largest absolute Gasteiger partial charge is 0.494 e. The van der Waals surface area contributed by atoms with Crippen LogP contribution in [-0.2, 0) is 9.59 Å². The number of ether oxygens (including phenoxy) is 1. The normalized spacial score (nSPS) is 14.3. The van der Waals surface area contributed by atoms with Gasteiger partial charge in [-0.2, -0.15) is 0 Å². The fraction of sp³-hybridized carbons (Fsp3) is 0.129. The highest BCUT2D eigenvalue weighted by Crippen LogP contribution is 2.31. The maximum absolute atomic E-state index is 13.4. The highest BCUT2D eigenvalue weighted by Gasteiger charge is 2.37. The fourth-order valence-corrected chi connectivity index (χ4v) is 5.51. The monoisotopic (exact) mass is 582 g/mol. The molecule has 0 saturated carbocycles. The maximum Gasteiger partial charge on any atom is 0.335 e. The molecule has 4 aromatic rings. The number of aromatic nitrogens is 1. The number of carbonyl (C=O) groups is 3. The number of nitro benzene ring substituents is 1. The summed E-state index contributed by atoms with van der Waals surface area (Å²) in [5, 5.41) is 13.2. The Labute approximate surface area is 245 Å². The lowest BCUT2D eigenvalue weighted by atomic mass is 10.1. The van der Waals surface area contributed by atoms with Crippen LogP contribution in [0.5, 0.6) is 5.75 Å². The molecule has 4 amide bonds. The minimum Gasteiger partial charge on any atom is -0.494 e. The molecule has 1 aliphatic heterocycles. The first-order valence-corrected chi connectivity index (χ1v) is 13.8. The SMILES string of the molecule is CCOc1cccc(N2C(=O)NC(=O)/C(=C/c3cc(C)n(-c4ccc(Sc5ccc([N+](=O)[O-])cc5)cc4)c3C)C2=O)c1. The molecule has 0 atom stereocenters. The number of nitro groups is 1. The number of aryl methyl sites for hydroxylation is 1. The molecule has 42 heavy (non-hydrogen) atoms. The van der Waals surface area contributed by atoms with Gasteiger partial charge in [0.05, 0.1) is 17.2 Å². The predicted molar refractivity (Wildman–Crippen MR) is 159 cm³/mol. The van der Waals surface area contributed by atoms with Gasteiger partial charge in [0.1, 0.15) is 11.3 Å². The fourth-order valence-electron chi connectivity index (χ4n) is 4.69. The Hall–Kier alpha value is -5.16. The summed E-state index contributed by atoms with van der Waals surface area (Å²) in [6, 6.07) is 21.8. The molecule has 1 aliphatic rings. The van der Waals surface area contributed by atoms with Crippen LogP contribution in [0, 0.1) is 24.0 Å². The zero-order chi connectivity index (χ0) is 30.0. The second-order valence-electron chi connectivity index (χ2n) is 9.40. The number of imide groups is 2. The number of nitrogens with zero attached hydrogens (tertiary/aromatic N) is 3. The van der Waals surface area contributed by atoms with Gasteiger partial charge in [-0.3, -0.25) is 25.0 Å². The number of amides is 4. The summed E-state index contributed by atoms with van der Waals surface area (Å²) in [5.74, 6) is -0.992. The first-order chi connectivity index (χ1) is 20.2. The highest BCUT2D eigenvalue weighted by molar-refractivity contribution is 7.99. The Bertz CT molecular complexity index is 1740. The molecule has 1 saturated heterocycles. The Kier molecular flexibility index (Phi) is 7.94. The van der Waals surface area contributed by atoms with E-state index in [4.69, 9.17) is 4.74 Å². The zero-order valence-electron chi connectivity index (χ0n) is 23.0. The van der Waals surface area contributed by atoms with E-state index in [-0.39, 0.29) is 11.3 Å². The molecule has 1 N–H and O–H groups in total. The van der Waals surface area contributed by atoms with Crippen LogP contribution in [-0.4, -0.2) is 33.9 Å². The number of barbiturate groups is 1. The Balaban J connectivity index is 1.40. The van der Waals surface area contributed by atoms with Gasteiger partial charge in [-0.1, -0.05) is 17.8 Å². The van der Waals surface area contributed by atoms with E-state index in [0.717, 1.165) is 31.8 Å². The van der Waals surface area contributed by atoms with Crippen molar-refractivity contribution in [1.82, 2.24) is 9.88 Å². The van der Waals surface area contributed by atoms with Crippen molar-refractivity contribution in [2.45, 2.75) is 30.6 Å². The molecule has 0 bridgehead atoms. The van der Waals surface area contributed by atoms with E-state index in [1.54, 1.807) is 36.4 Å². The van der Waals surface area contributed by atoms with Crippen molar-refractivity contribution in [3.05, 3.63) is 112 Å². The molecule has 0 spiro atoms. The number of carbonyl (C=O) groups excluding carboxylic acids is 3. The summed E-state index contributed by atoms with van der Waals surface area (Å²) in [6.45, 7) is 6.06. The number of hydrogen-bond acceptors (Lipinski definition) is 7. The van der Waals surface area contributed by atoms with Gasteiger partial charge in [0.15, 0.2) is 0 Å². The summed E-state index contributed by atoms with van der Waals surface area (Å²) in [5.41, 5.74) is 3.40. The molecule has 10 nitrogen and oxygen atoms in total. The van der Waals surface area contributed by atoms with E-state index >= 15 is 0 Å². The van der Waals surface area contributed by atoms with Gasteiger partial charge >= 0.3 is 6.03 Å². The van der Waals surface area contributed by atoms with Gasteiger partial charge < -0.3 is 9.30 Å². The van der Waals surface area contributed by atoms with Crippen LogP contribution >= 0.6 is 11.8 Å². The van der Waals surface area contributed by atoms with Gasteiger partial charge in [-0.15, -0.1) is 0 Å². The third kappa shape index (κ3) is 5.68. The van der Waals surface area contributed by atoms with Gasteiger partial charge in [0, 0.05) is 45.1 Å². The van der Waals surface area contributed by atoms with Crippen molar-refractivity contribution >= 4 is 47.1 Å². The second kappa shape index (κ2) is 11.8. The van der Waals surface area contributed by atoms with Crippen molar-refractivity contribution in [3.8, 4) is 11.4 Å². The number of benzene rings is 3. The third-order valence-corrected chi connectivity index (χ3v) is 7.65. The van der Waals surface area contributed by atoms with Gasteiger partial charge in [0.25, 0.3) is 17.5 Å². The van der Waals surface area contributed by atoms with Gasteiger partial charge in [-0.25, -0.2) is 9.69 Å². The van der Waals surface area contributed by atoms with E-state index in [9.17, 15) is 24.5 Å². The number of nitrogens with one attached hydrogen (secondary N) is 1. The van der Waals surface area contributed by atoms with Gasteiger partial charge in [0.2, 0.25) is 0 Å². The Morgan fingerprint density at radius 2 is 1.60 bits per heavy atom. The van der Waals surface area contributed by atoms with Crippen LogP contribution in [0.1, 0.15) is 23.9 Å². The quantitative estimate of drug-likeness (QED) is 0.113. The first kappa shape index (κ1) is 28.4. The zero-order valence-corrected chi connectivity index (χ0v) is 23.8. The van der Waals surface area contributed by atoms with E-state index in [1.807, 2.05) is 55.7 Å². The average Bonchev–Trinajstić information content (AvgIpc) is 3.24. The molecule has 212 valence electrons. The molecule has 1 aromatic heterocycles. The summed E-state index contributed by atoms with van der Waals surface area (Å²) in [6.07, 6.45) is 1.50. The van der Waals surface area contributed by atoms with Crippen molar-refractivity contribution in [2.75, 3.05) is 11.5 Å². The van der Waals surface area contributed by atoms with Crippen molar-refractivity contribution in [1.29, 1.82) is 0 Å². The molecule has 0 aliphatic carbocycles. The van der Waals surface area contributed by atoms with Crippen LogP contribution < -0.4 is 15.0 Å². The van der Waals surface area contributed by atoms with Crippen LogP contribution in [0.4, 0.5) is 16.2 Å². The molecule has 2 heterocycles. The smallest absolute Gasteiger partial charge is 0.335 e. The van der Waals surface area contributed by atoms with Crippen molar-refractivity contribution in [2.24, 2.45) is 0 Å². The second-order valence-corrected chi connectivity index (χ2v) is 10.5. The number of urea groups is 1. The van der Waals surface area contributed by atoms with Crippen LogP contribution in [0.3, 0.4) is 0 Å². The van der Waals surface area contributed by atoms with Gasteiger partial charge in [-0.05, 0) is 87.0 Å². The van der Waals surface area contributed by atoms with Crippen LogP contribution in [0.25, 0.3) is 11.8 Å². The molecule has 3 aromatic carbocycles. The molecular formula is C31H26N4O6S. The standard InChI is InChI=1S/C31H26N4O6S/c1-4-41-25-7-5-6-24(18-25)34-30(37)28(29(36)32-31(34)38)17-21-16-19(2)33(20(21)3)22-8-12-26(13-9-22)42-27-14-10-23(11-15-27)35(39)40/h5-18H,4H2,1-3H3,(H,32,36,38)/b28-17-. The van der Waals surface area contributed by atoms with Crippen LogP contribution in [0.2, 0.25) is 0 Å². The lowest BCUT2D eigenvalue weighted by Crippen LogP contribution is -2.54. The maximum atomic E-state index is 13.4. The lowest BCUT2D eigenvalue weighted by Gasteiger charge is -2.26. The minimum absolute atomic E-state index is 0.0431. The van der Waals surface area contributed by atoms with Crippen LogP contribution in [0.15, 0.2) is 94.2 Å². The van der Waals surface area contributed by atoms with E-state index in [0.29, 0.717) is 23.6 Å². The first-order valence-electron chi connectivity index (χ1n) is 13.0. The van der Waals surface area contributed by atoms with E-state index in [2.05, 4.69) is 5.32 Å². The number of anilines is 1. The molecule has 0 unspecified atom stereocenters. The number of rotatable bonds is 8. The summed E-state index contributed by atoms with van der Waals surface area (Å²) >= 11 is 1.49. The topological polar surface area (TPSA) is 124 Å². The van der Waals surface area contributed by atoms with Crippen molar-refractivity contribution in [3.63, 3.8) is 0 Å². The molecule has 0 radical (unpaired) electrons. The van der Waals surface area contributed by atoms with E-state index in [1.165, 1.54) is 30.0 Å². The molecule has 11 heteroatoms. The highest BCUT2D eigenvalue weighted by atomic mass is 32.2. The Morgan fingerprint density at radius 1 is 0.929 bits per heavy atom. The van der Waals surface area contributed by atoms with E-state index < -0.39 is 22.8 Å². The summed E-state index contributed by atoms with van der Waals surface area (Å²) < 4.78 is 7.50. The van der Waals surface area contributed by atoms with Crippen molar-refractivity contribution < 1.29 is 24.0 Å². The lowest BCUT2D eigenvalue weighted by molar-refractivity contribution is -0.384.